The molecule has 39 heavy (non-hydrogen) atoms. The summed E-state index contributed by atoms with van der Waals surface area (Å²) in [5, 5.41) is 0.801. The molecule has 0 spiro atoms. The summed E-state index contributed by atoms with van der Waals surface area (Å²) in [4.78, 5) is 36.6. The minimum atomic E-state index is -0.136. The fourth-order valence-electron chi connectivity index (χ4n) is 5.15. The van der Waals surface area contributed by atoms with Gasteiger partial charge in [-0.2, -0.15) is 0 Å². The fraction of sp³-hybridized carbons (Fsp3) is 0.414. The number of nitrogens with zero attached hydrogens (tertiary/aromatic N) is 4. The largest absolute Gasteiger partial charge is 0.496 e. The van der Waals surface area contributed by atoms with Crippen molar-refractivity contribution in [1.82, 2.24) is 14.8 Å². The molecule has 0 saturated carbocycles. The Labute approximate surface area is 228 Å². The Bertz CT molecular complexity index is 1390. The van der Waals surface area contributed by atoms with E-state index < -0.39 is 0 Å². The molecule has 0 unspecified atom stereocenters. The number of pyridine rings is 1. The third kappa shape index (κ3) is 5.36. The second-order valence-corrected chi connectivity index (χ2v) is 9.86. The molecule has 1 saturated heterocycles. The van der Waals surface area contributed by atoms with Gasteiger partial charge in [-0.25, -0.2) is 4.98 Å². The second-order valence-electron chi connectivity index (χ2n) is 9.86. The molecular weight excluding hydrogens is 500 g/mol. The van der Waals surface area contributed by atoms with Crippen LogP contribution in [0.4, 0.5) is 5.82 Å². The van der Waals surface area contributed by atoms with Crippen LogP contribution in [0, 0.1) is 0 Å². The molecule has 2 aliphatic rings. The number of benzene rings is 2. The molecule has 3 aromatic rings. The number of carbonyl (C=O) groups is 2. The van der Waals surface area contributed by atoms with Crippen molar-refractivity contribution in [3.8, 4) is 23.0 Å². The van der Waals surface area contributed by atoms with Crippen LogP contribution in [0.3, 0.4) is 0 Å². The highest BCUT2D eigenvalue weighted by atomic mass is 16.7. The van der Waals surface area contributed by atoms with Crippen molar-refractivity contribution in [2.45, 2.75) is 25.8 Å². The lowest BCUT2D eigenvalue weighted by Crippen LogP contribution is -2.35. The lowest BCUT2D eigenvalue weighted by atomic mass is 10.1. The molecule has 5 rings (SSSR count). The van der Waals surface area contributed by atoms with Crippen molar-refractivity contribution < 1.29 is 28.5 Å². The van der Waals surface area contributed by atoms with Gasteiger partial charge in [0.1, 0.15) is 22.8 Å². The number of hydrogen-bond acceptors (Lipinski definition) is 8. The molecule has 206 valence electrons. The maximum absolute atomic E-state index is 13.9. The molecule has 2 aromatic carbocycles. The summed E-state index contributed by atoms with van der Waals surface area (Å²) in [5.41, 5.74) is 2.06. The Morgan fingerprint density at radius 1 is 1.05 bits per heavy atom. The van der Waals surface area contributed by atoms with Gasteiger partial charge in [0.25, 0.3) is 5.91 Å². The number of ether oxygens (including phenoxy) is 4. The maximum atomic E-state index is 13.9. The van der Waals surface area contributed by atoms with Gasteiger partial charge in [-0.15, -0.1) is 0 Å². The Morgan fingerprint density at radius 2 is 1.82 bits per heavy atom. The van der Waals surface area contributed by atoms with E-state index in [0.717, 1.165) is 29.7 Å². The van der Waals surface area contributed by atoms with Crippen molar-refractivity contribution in [2.24, 2.45) is 0 Å². The minimum absolute atomic E-state index is 0.136. The lowest BCUT2D eigenvalue weighted by molar-refractivity contribution is -0.127. The van der Waals surface area contributed by atoms with Gasteiger partial charge < -0.3 is 33.6 Å². The zero-order valence-corrected chi connectivity index (χ0v) is 22.9. The third-order valence-corrected chi connectivity index (χ3v) is 7.12. The van der Waals surface area contributed by atoms with E-state index in [2.05, 4.69) is 0 Å². The molecule has 10 nitrogen and oxygen atoms in total. The molecule has 0 N–H and O–H groups in total. The molecule has 2 aliphatic heterocycles. The van der Waals surface area contributed by atoms with Crippen LogP contribution in [-0.4, -0.2) is 81.3 Å². The Balaban J connectivity index is 1.49. The van der Waals surface area contributed by atoms with E-state index in [0.29, 0.717) is 66.6 Å². The molecule has 2 amide bonds. The predicted octanol–water partition coefficient (Wildman–Crippen LogP) is 3.70. The van der Waals surface area contributed by atoms with E-state index in [1.165, 1.54) is 0 Å². The molecule has 1 fully saturated rings. The van der Waals surface area contributed by atoms with Crippen LogP contribution in [0.1, 0.15) is 35.2 Å². The number of likely N-dealkylation sites (tertiary alicyclic amines) is 1. The highest BCUT2D eigenvalue weighted by molar-refractivity contribution is 5.96. The molecule has 0 aliphatic carbocycles. The van der Waals surface area contributed by atoms with E-state index in [1.807, 2.05) is 42.1 Å². The molecule has 0 atom stereocenters. The first-order chi connectivity index (χ1) is 18.9. The van der Waals surface area contributed by atoms with Crippen LogP contribution in [-0.2, 0) is 11.3 Å². The molecule has 0 radical (unpaired) electrons. The average molecular weight is 535 g/mol. The summed E-state index contributed by atoms with van der Waals surface area (Å²) in [5.74, 6) is 3.27. The first-order valence-electron chi connectivity index (χ1n) is 13.1. The smallest absolute Gasteiger partial charge is 0.254 e. The number of carbonyl (C=O) groups excluding carboxylic acids is 2. The molecular formula is C29H34N4O6. The molecule has 3 heterocycles. The van der Waals surface area contributed by atoms with E-state index >= 15 is 0 Å². The van der Waals surface area contributed by atoms with Gasteiger partial charge in [-0.3, -0.25) is 9.59 Å². The van der Waals surface area contributed by atoms with Gasteiger partial charge in [0.05, 0.1) is 14.2 Å². The monoisotopic (exact) mass is 534 g/mol. The van der Waals surface area contributed by atoms with Crippen LogP contribution in [0.15, 0.2) is 36.4 Å². The lowest BCUT2D eigenvalue weighted by Gasteiger charge is -2.27. The Morgan fingerprint density at radius 3 is 2.54 bits per heavy atom. The van der Waals surface area contributed by atoms with Crippen molar-refractivity contribution >= 4 is 28.5 Å². The van der Waals surface area contributed by atoms with Crippen molar-refractivity contribution in [1.29, 1.82) is 0 Å². The van der Waals surface area contributed by atoms with Crippen LogP contribution in [0.5, 0.6) is 23.0 Å². The van der Waals surface area contributed by atoms with E-state index in [1.54, 1.807) is 37.3 Å². The first-order valence-corrected chi connectivity index (χ1v) is 13.1. The summed E-state index contributed by atoms with van der Waals surface area (Å²) in [7, 11) is 7.08. The number of methoxy groups -OCH3 is 2. The normalized spacial score (nSPS) is 14.2. The summed E-state index contributed by atoms with van der Waals surface area (Å²) in [6.07, 6.45) is 2.15. The quantitative estimate of drug-likeness (QED) is 0.389. The minimum Gasteiger partial charge on any atom is -0.496 e. The number of rotatable bonds is 10. The number of anilines is 1. The van der Waals surface area contributed by atoms with Crippen molar-refractivity contribution in [3.05, 3.63) is 47.5 Å². The van der Waals surface area contributed by atoms with E-state index in [9.17, 15) is 9.59 Å². The van der Waals surface area contributed by atoms with Crippen LogP contribution in [0.2, 0.25) is 0 Å². The molecule has 1 aromatic heterocycles. The van der Waals surface area contributed by atoms with Crippen molar-refractivity contribution in [3.63, 3.8) is 0 Å². The van der Waals surface area contributed by atoms with Crippen LogP contribution in [0.25, 0.3) is 10.9 Å². The summed E-state index contributed by atoms with van der Waals surface area (Å²) >= 11 is 0. The number of amides is 2. The van der Waals surface area contributed by atoms with Gasteiger partial charge in [0.2, 0.25) is 12.7 Å². The second kappa shape index (κ2) is 11.3. The van der Waals surface area contributed by atoms with Crippen LogP contribution >= 0.6 is 0 Å². The van der Waals surface area contributed by atoms with Gasteiger partial charge >= 0.3 is 0 Å². The average Bonchev–Trinajstić information content (AvgIpc) is 3.59. The predicted molar refractivity (Wildman–Crippen MR) is 147 cm³/mol. The Hall–Kier alpha value is -4.21. The van der Waals surface area contributed by atoms with E-state index in [4.69, 9.17) is 23.9 Å². The van der Waals surface area contributed by atoms with Crippen molar-refractivity contribution in [2.75, 3.05) is 59.6 Å². The number of aromatic nitrogens is 1. The number of hydrogen-bond donors (Lipinski definition) is 0. The van der Waals surface area contributed by atoms with Crippen LogP contribution < -0.4 is 23.8 Å². The summed E-state index contributed by atoms with van der Waals surface area (Å²) in [6.45, 7) is 2.32. The highest BCUT2D eigenvalue weighted by Gasteiger charge is 2.25. The Kier molecular flexibility index (Phi) is 7.63. The maximum Gasteiger partial charge on any atom is 0.254 e. The molecule has 10 heteroatoms. The topological polar surface area (TPSA) is 93.7 Å². The standard InChI is InChI=1S/C29H34N4O6/c1-31(2)28-20(15-21-22(36-3)10-11-24(37-4)27(21)30-28)17-33(14-6-13-32-12-5-7-26(32)34)29(35)19-8-9-23-25(16-19)39-18-38-23/h8-11,15-16H,5-7,12-14,17-18H2,1-4H3. The fourth-order valence-corrected chi connectivity index (χ4v) is 5.15. The SMILES string of the molecule is COc1ccc(OC)c2nc(N(C)C)c(CN(CCCN3CCCC3=O)C(=O)c3ccc4c(c3)OCO4)cc12. The van der Waals surface area contributed by atoms with E-state index in [-0.39, 0.29) is 18.6 Å². The molecule has 0 bridgehead atoms. The van der Waals surface area contributed by atoms with Gasteiger partial charge in [0.15, 0.2) is 11.5 Å². The number of fused-ring (bicyclic) bond motifs is 2. The van der Waals surface area contributed by atoms with Gasteiger partial charge in [0, 0.05) is 63.2 Å². The third-order valence-electron chi connectivity index (χ3n) is 7.12. The zero-order chi connectivity index (χ0) is 27.5. The van der Waals surface area contributed by atoms with Gasteiger partial charge in [-0.1, -0.05) is 0 Å². The summed E-state index contributed by atoms with van der Waals surface area (Å²) in [6, 6.07) is 10.9. The first kappa shape index (κ1) is 26.4. The summed E-state index contributed by atoms with van der Waals surface area (Å²) < 4.78 is 22.1. The zero-order valence-electron chi connectivity index (χ0n) is 22.9. The highest BCUT2D eigenvalue weighted by Crippen LogP contribution is 2.36. The van der Waals surface area contributed by atoms with Gasteiger partial charge in [-0.05, 0) is 49.2 Å².